The first-order valence-corrected chi connectivity index (χ1v) is 11.5. The fraction of sp³-hybridized carbons (Fsp3) is 0.333. The minimum absolute atomic E-state index is 0.0964. The van der Waals surface area contributed by atoms with Crippen LogP contribution in [0.15, 0.2) is 52.5 Å². The predicted molar refractivity (Wildman–Crippen MR) is 124 cm³/mol. The summed E-state index contributed by atoms with van der Waals surface area (Å²) in [5.41, 5.74) is 5.89. The molecule has 0 unspecified atom stereocenters. The molecule has 0 bridgehead atoms. The Labute approximate surface area is 186 Å². The zero-order valence-corrected chi connectivity index (χ0v) is 18.7. The number of nitrogens with one attached hydrogen (secondary N) is 1. The van der Waals surface area contributed by atoms with Crippen molar-refractivity contribution >= 4 is 23.4 Å². The van der Waals surface area contributed by atoms with Crippen LogP contribution < -0.4 is 11.0 Å². The molecule has 1 aliphatic rings. The molecule has 1 aliphatic carbocycles. The van der Waals surface area contributed by atoms with E-state index in [0.717, 1.165) is 59.3 Å². The van der Waals surface area contributed by atoms with E-state index in [1.165, 1.54) is 11.8 Å². The van der Waals surface area contributed by atoms with Crippen molar-refractivity contribution in [2.75, 3.05) is 11.1 Å². The van der Waals surface area contributed by atoms with Gasteiger partial charge in [-0.15, -0.1) is 0 Å². The van der Waals surface area contributed by atoms with Crippen LogP contribution in [0.1, 0.15) is 40.8 Å². The van der Waals surface area contributed by atoms with E-state index < -0.39 is 0 Å². The zero-order chi connectivity index (χ0) is 21.8. The molecular weight excluding hydrogens is 408 g/mol. The van der Waals surface area contributed by atoms with Gasteiger partial charge >= 0.3 is 5.69 Å². The van der Waals surface area contributed by atoms with Gasteiger partial charge < -0.3 is 5.32 Å². The number of fused-ring (bicyclic) bond motifs is 1. The first-order chi connectivity index (χ1) is 15.0. The second-order valence-electron chi connectivity index (χ2n) is 7.99. The average molecular weight is 435 g/mol. The van der Waals surface area contributed by atoms with E-state index in [1.54, 1.807) is 17.0 Å². The van der Waals surface area contributed by atoms with E-state index in [4.69, 9.17) is 0 Å². The first kappa shape index (κ1) is 21.3. The maximum atomic E-state index is 12.8. The second kappa shape index (κ2) is 9.47. The van der Waals surface area contributed by atoms with Gasteiger partial charge in [0.15, 0.2) is 0 Å². The lowest BCUT2D eigenvalue weighted by Crippen LogP contribution is -2.30. The molecule has 0 atom stereocenters. The van der Waals surface area contributed by atoms with Crippen LogP contribution in [0.2, 0.25) is 0 Å². The number of pyridine rings is 1. The van der Waals surface area contributed by atoms with Gasteiger partial charge in [-0.2, -0.15) is 4.98 Å². The lowest BCUT2D eigenvalue weighted by atomic mass is 9.97. The predicted octanol–water partition coefficient (Wildman–Crippen LogP) is 3.91. The highest BCUT2D eigenvalue weighted by Gasteiger charge is 2.21. The number of hydrogen-bond acceptors (Lipinski definition) is 5. The number of carbonyl (C=O) groups excluding carboxylic acids is 1. The summed E-state index contributed by atoms with van der Waals surface area (Å²) in [6, 6.07) is 9.82. The maximum absolute atomic E-state index is 12.8. The van der Waals surface area contributed by atoms with Crippen molar-refractivity contribution in [3.8, 4) is 0 Å². The van der Waals surface area contributed by atoms with E-state index in [2.05, 4.69) is 21.4 Å². The van der Waals surface area contributed by atoms with E-state index >= 15 is 0 Å². The van der Waals surface area contributed by atoms with E-state index in [9.17, 15) is 9.59 Å². The van der Waals surface area contributed by atoms with Gasteiger partial charge in [0.1, 0.15) is 5.03 Å². The molecule has 2 heterocycles. The Hall–Kier alpha value is -2.93. The Kier molecular flexibility index (Phi) is 6.51. The molecule has 1 N–H and O–H groups in total. The Morgan fingerprint density at radius 2 is 1.94 bits per heavy atom. The SMILES string of the molecule is Cc1cc(C)cc(NC(=O)CSc2nc(=O)n(Cc3cccnc3)c3c2CCCC3)c1. The van der Waals surface area contributed by atoms with Crippen LogP contribution in [-0.4, -0.2) is 26.2 Å². The molecule has 1 amide bonds. The van der Waals surface area contributed by atoms with Crippen LogP contribution in [0.5, 0.6) is 0 Å². The van der Waals surface area contributed by atoms with Crippen LogP contribution in [0.3, 0.4) is 0 Å². The lowest BCUT2D eigenvalue weighted by Gasteiger charge is -2.22. The third-order valence-electron chi connectivity index (χ3n) is 5.36. The number of anilines is 1. The molecule has 7 heteroatoms. The molecule has 2 aromatic heterocycles. The summed E-state index contributed by atoms with van der Waals surface area (Å²) in [5, 5.41) is 3.65. The number of nitrogens with zero attached hydrogens (tertiary/aromatic N) is 3. The molecule has 0 fully saturated rings. The molecule has 0 aliphatic heterocycles. The molecule has 160 valence electrons. The zero-order valence-electron chi connectivity index (χ0n) is 17.9. The van der Waals surface area contributed by atoms with Crippen LogP contribution in [0.4, 0.5) is 5.69 Å². The third kappa shape index (κ3) is 5.22. The number of hydrogen-bond donors (Lipinski definition) is 1. The largest absolute Gasteiger partial charge is 0.349 e. The van der Waals surface area contributed by atoms with Crippen molar-refractivity contribution in [3.63, 3.8) is 0 Å². The number of benzene rings is 1. The highest BCUT2D eigenvalue weighted by Crippen LogP contribution is 2.29. The average Bonchev–Trinajstić information content (AvgIpc) is 2.74. The number of aromatic nitrogens is 3. The van der Waals surface area contributed by atoms with Crippen molar-refractivity contribution < 1.29 is 4.79 Å². The summed E-state index contributed by atoms with van der Waals surface area (Å²) in [4.78, 5) is 33.9. The van der Waals surface area contributed by atoms with Crippen LogP contribution >= 0.6 is 11.8 Å². The van der Waals surface area contributed by atoms with Gasteiger partial charge in [-0.3, -0.25) is 14.3 Å². The Morgan fingerprint density at radius 1 is 1.16 bits per heavy atom. The number of thioether (sulfide) groups is 1. The molecule has 0 saturated carbocycles. The summed E-state index contributed by atoms with van der Waals surface area (Å²) in [6.45, 7) is 4.49. The van der Waals surface area contributed by atoms with Crippen LogP contribution in [0, 0.1) is 13.8 Å². The summed E-state index contributed by atoms with van der Waals surface area (Å²) in [7, 11) is 0. The second-order valence-corrected chi connectivity index (χ2v) is 8.96. The summed E-state index contributed by atoms with van der Waals surface area (Å²) in [6.07, 6.45) is 7.37. The van der Waals surface area contributed by atoms with Gasteiger partial charge in [0.05, 0.1) is 12.3 Å². The van der Waals surface area contributed by atoms with E-state index in [1.807, 2.05) is 38.1 Å². The van der Waals surface area contributed by atoms with Gasteiger partial charge in [0.25, 0.3) is 0 Å². The van der Waals surface area contributed by atoms with Gasteiger partial charge in [-0.05, 0) is 74.4 Å². The fourth-order valence-corrected chi connectivity index (χ4v) is 4.96. The highest BCUT2D eigenvalue weighted by atomic mass is 32.2. The van der Waals surface area contributed by atoms with Crippen LogP contribution in [-0.2, 0) is 24.2 Å². The molecule has 3 aromatic rings. The maximum Gasteiger partial charge on any atom is 0.349 e. The highest BCUT2D eigenvalue weighted by molar-refractivity contribution is 8.00. The normalized spacial score (nSPS) is 13.0. The molecule has 0 radical (unpaired) electrons. The monoisotopic (exact) mass is 434 g/mol. The van der Waals surface area contributed by atoms with Gasteiger partial charge in [0, 0.05) is 29.3 Å². The number of rotatable bonds is 6. The molecule has 0 saturated heterocycles. The summed E-state index contributed by atoms with van der Waals surface area (Å²) < 4.78 is 1.77. The molecule has 1 aromatic carbocycles. The summed E-state index contributed by atoms with van der Waals surface area (Å²) in [5.74, 6) is 0.124. The van der Waals surface area contributed by atoms with Crippen molar-refractivity contribution in [2.24, 2.45) is 0 Å². The number of amides is 1. The number of carbonyl (C=O) groups is 1. The quantitative estimate of drug-likeness (QED) is 0.470. The Bertz CT molecular complexity index is 1140. The Balaban J connectivity index is 1.52. The molecule has 6 nitrogen and oxygen atoms in total. The Morgan fingerprint density at radius 3 is 2.68 bits per heavy atom. The molecule has 4 rings (SSSR count). The van der Waals surface area contributed by atoms with Gasteiger partial charge in [0.2, 0.25) is 5.91 Å². The van der Waals surface area contributed by atoms with E-state index in [-0.39, 0.29) is 17.3 Å². The lowest BCUT2D eigenvalue weighted by molar-refractivity contribution is -0.113. The van der Waals surface area contributed by atoms with Crippen molar-refractivity contribution in [1.82, 2.24) is 14.5 Å². The van der Waals surface area contributed by atoms with Crippen molar-refractivity contribution in [1.29, 1.82) is 0 Å². The summed E-state index contributed by atoms with van der Waals surface area (Å²) >= 11 is 1.35. The van der Waals surface area contributed by atoms with Crippen LogP contribution in [0.25, 0.3) is 0 Å². The number of aryl methyl sites for hydroxylation is 2. The first-order valence-electron chi connectivity index (χ1n) is 10.5. The fourth-order valence-electron chi connectivity index (χ4n) is 4.08. The standard InChI is InChI=1S/C24H26N4O2S/c1-16-10-17(2)12-19(11-16)26-22(29)15-31-23-20-7-3-4-8-21(20)28(24(30)27-23)14-18-6-5-9-25-13-18/h5-6,9-13H,3-4,7-8,14-15H2,1-2H3,(H,26,29). The molecule has 0 spiro atoms. The van der Waals surface area contributed by atoms with Crippen molar-refractivity contribution in [3.05, 3.63) is 81.2 Å². The van der Waals surface area contributed by atoms with Gasteiger partial charge in [-0.1, -0.05) is 23.9 Å². The molecule has 31 heavy (non-hydrogen) atoms. The smallest absolute Gasteiger partial charge is 0.325 e. The topological polar surface area (TPSA) is 76.9 Å². The minimum atomic E-state index is -0.262. The van der Waals surface area contributed by atoms with E-state index in [0.29, 0.717) is 11.6 Å². The third-order valence-corrected chi connectivity index (χ3v) is 6.38. The van der Waals surface area contributed by atoms with Gasteiger partial charge in [-0.25, -0.2) is 4.79 Å². The minimum Gasteiger partial charge on any atom is -0.325 e. The van der Waals surface area contributed by atoms with Crippen molar-refractivity contribution in [2.45, 2.75) is 51.1 Å². The molecular formula is C24H26N4O2S.